The summed E-state index contributed by atoms with van der Waals surface area (Å²) in [6, 6.07) is 1.60. The summed E-state index contributed by atoms with van der Waals surface area (Å²) in [5.41, 5.74) is 24.9. The molecule has 11 amide bonds. The van der Waals surface area contributed by atoms with Gasteiger partial charge in [-0.15, -0.1) is 0 Å². The van der Waals surface area contributed by atoms with Crippen LogP contribution in [0, 0.1) is 5.92 Å². The highest BCUT2D eigenvalue weighted by molar-refractivity contribution is 8.76. The van der Waals surface area contributed by atoms with Crippen LogP contribution in [0.4, 0.5) is 0 Å². The van der Waals surface area contributed by atoms with Crippen LogP contribution in [0.15, 0.2) is 78.3 Å². The molecule has 2 aliphatic rings. The number of para-hydroxylation sites is 1. The van der Waals surface area contributed by atoms with Crippen molar-refractivity contribution in [3.63, 3.8) is 0 Å². The summed E-state index contributed by atoms with van der Waals surface area (Å²) in [5.74, 6) is -11.8. The van der Waals surface area contributed by atoms with Gasteiger partial charge in [-0.3, -0.25) is 62.5 Å². The lowest BCUT2D eigenvalue weighted by atomic mass is 10.0. The number of likely N-dealkylation sites (tertiary alicyclic amines) is 1. The van der Waals surface area contributed by atoms with Gasteiger partial charge in [0.2, 0.25) is 65.0 Å². The molecule has 0 aliphatic carbocycles. The number of hydrogen-bond donors (Lipinski definition) is 16. The van der Waals surface area contributed by atoms with Crippen LogP contribution in [-0.2, 0) is 76.8 Å². The predicted octanol–water partition coefficient (Wildman–Crippen LogP) is -2.12. The van der Waals surface area contributed by atoms with E-state index in [0.717, 1.165) is 28.5 Å². The average molecular weight is 1340 g/mol. The van der Waals surface area contributed by atoms with Gasteiger partial charge in [0.15, 0.2) is 5.96 Å². The number of carbonyl (C=O) groups excluding carboxylic acids is 11. The highest BCUT2D eigenvalue weighted by Gasteiger charge is 2.41. The lowest BCUT2D eigenvalue weighted by Crippen LogP contribution is -2.61. The molecule has 0 bridgehead atoms. The molecule has 10 atom stereocenters. The fourth-order valence-electron chi connectivity index (χ4n) is 10.7. The summed E-state index contributed by atoms with van der Waals surface area (Å²) in [5, 5.41) is 34.7. The van der Waals surface area contributed by atoms with Gasteiger partial charge in [0.25, 0.3) is 0 Å². The molecule has 4 aromatic rings. The number of guanidine groups is 1. The normalized spacial score (nSPS) is 22.0. The lowest BCUT2D eigenvalue weighted by Gasteiger charge is -2.31. The molecule has 0 radical (unpaired) electrons. The fraction of sp³-hybridized carbons (Fsp3) is 0.508. The Morgan fingerprint density at radius 3 is 1.97 bits per heavy atom. The molecule has 31 nitrogen and oxygen atoms in total. The third kappa shape index (κ3) is 22.8. The average Bonchev–Trinajstić information content (AvgIpc) is 1.64. The highest BCUT2D eigenvalue weighted by Crippen LogP contribution is 2.26. The van der Waals surface area contributed by atoms with Crippen LogP contribution in [0.1, 0.15) is 95.4 Å². The second-order valence-electron chi connectivity index (χ2n) is 23.3. The van der Waals surface area contributed by atoms with Crippen LogP contribution in [0.3, 0.4) is 0 Å². The number of benzene rings is 2. The van der Waals surface area contributed by atoms with Gasteiger partial charge >= 0.3 is 5.97 Å². The number of nitrogens with zero attached hydrogens (tertiary/aromatic N) is 3. The van der Waals surface area contributed by atoms with Gasteiger partial charge in [-0.25, -0.2) is 4.98 Å². The van der Waals surface area contributed by atoms with E-state index in [4.69, 9.17) is 22.9 Å². The Balaban J connectivity index is 1.45. The number of nitrogens with two attached hydrogens (primary N) is 4. The van der Waals surface area contributed by atoms with Crippen molar-refractivity contribution in [1.29, 1.82) is 0 Å². The Morgan fingerprint density at radius 1 is 0.713 bits per heavy atom. The summed E-state index contributed by atoms with van der Waals surface area (Å²) in [7, 11) is 1.90. The summed E-state index contributed by atoms with van der Waals surface area (Å²) in [4.78, 5) is 185. The molecule has 6 rings (SSSR count). The number of aromatic nitrogens is 3. The van der Waals surface area contributed by atoms with Crippen molar-refractivity contribution >= 4 is 109 Å². The zero-order valence-electron chi connectivity index (χ0n) is 52.6. The molecule has 2 fully saturated rings. The van der Waals surface area contributed by atoms with Gasteiger partial charge in [-0.1, -0.05) is 84.0 Å². The number of carbonyl (C=O) groups is 12. The smallest absolute Gasteiger partial charge is 0.303 e. The van der Waals surface area contributed by atoms with Gasteiger partial charge in [0, 0.05) is 86.2 Å². The summed E-state index contributed by atoms with van der Waals surface area (Å²) < 4.78 is 0. The number of carboxylic acids is 1. The molecule has 2 aromatic heterocycles. The number of nitrogens with one attached hydrogen (secondary N) is 11. The monoisotopic (exact) mass is 1340 g/mol. The van der Waals surface area contributed by atoms with Crippen LogP contribution in [0.5, 0.6) is 0 Å². The first-order valence-corrected chi connectivity index (χ1v) is 33.5. The number of aliphatic imine (C=N–C) groups is 1. The fourth-order valence-corrected chi connectivity index (χ4v) is 13.1. The van der Waals surface area contributed by atoms with E-state index in [9.17, 15) is 48.3 Å². The van der Waals surface area contributed by atoms with Crippen molar-refractivity contribution in [2.75, 3.05) is 31.1 Å². The Labute approximate surface area is 550 Å². The summed E-state index contributed by atoms with van der Waals surface area (Å²) in [6.45, 7) is 4.87. The van der Waals surface area contributed by atoms with E-state index in [1.54, 1.807) is 74.6 Å². The zero-order valence-corrected chi connectivity index (χ0v) is 54.2. The number of H-pyrrole nitrogens is 2. The quantitative estimate of drug-likeness (QED) is 0.0146. The largest absolute Gasteiger partial charge is 0.481 e. The van der Waals surface area contributed by atoms with Gasteiger partial charge in [0.05, 0.1) is 6.33 Å². The van der Waals surface area contributed by atoms with Crippen LogP contribution >= 0.6 is 21.6 Å². The number of fused-ring (bicyclic) bond motifs is 1. The molecule has 4 heterocycles. The second kappa shape index (κ2) is 36.9. The number of carboxylic acid groups (broad SMARTS) is 1. The van der Waals surface area contributed by atoms with Crippen molar-refractivity contribution in [1.82, 2.24) is 67.7 Å². The molecule has 2 saturated heterocycles. The molecule has 94 heavy (non-hydrogen) atoms. The summed E-state index contributed by atoms with van der Waals surface area (Å²) in [6.07, 6.45) is 3.91. The molecule has 33 heteroatoms. The molecule has 0 saturated carbocycles. The zero-order chi connectivity index (χ0) is 68.4. The summed E-state index contributed by atoms with van der Waals surface area (Å²) >= 11 is 0. The third-order valence-electron chi connectivity index (χ3n) is 15.7. The number of unbranched alkanes of at least 4 members (excludes halogenated alkanes) is 1. The van der Waals surface area contributed by atoms with E-state index in [0.29, 0.717) is 47.0 Å². The first-order valence-electron chi connectivity index (χ1n) is 31.0. The second-order valence-corrected chi connectivity index (χ2v) is 25.8. The molecular weight excluding hydrogens is 1260 g/mol. The van der Waals surface area contributed by atoms with Crippen LogP contribution in [0.2, 0.25) is 0 Å². The maximum absolute atomic E-state index is 15.3. The van der Waals surface area contributed by atoms with E-state index in [2.05, 4.69) is 67.8 Å². The van der Waals surface area contributed by atoms with E-state index >= 15 is 14.4 Å². The third-order valence-corrected chi connectivity index (χ3v) is 18.1. The standard InChI is InChI=1S/C61H86N18O13S2/c1-33(2)50(51(63)83)78-59(91)48-19-12-24-79(48)60(92)42(17-9-10-22-62)73-58(90)47-31-94-93-30-46(70-34(3)80)57(89)72-41(20-21-49(81)82)53(85)76-45(27-37-29-66-32-69-37)56(88)74-43(25-35-13-5-4-6-14-35)54(86)71-40(18-11-23-67-61(64)65)52(84)75-44(55(87)77-47)26-36-28-68-39-16-8-7-15-38(36)39/h4-8,13-16,28-29,32-33,40-48,50,68H,9-12,17-27,30-31,62H2,1-3H3,(H2,63,83)(H,66,69)(H,70,80)(H,71,86)(H,72,89)(H,73,90)(H,74,88)(H,75,84)(H,76,85)(H,77,87)(H,78,91)(H,81,82)(H4,64,65,67)/t40-,41+,42+,43+,44+,45-,46+,47+,48-,50+/m1/s1. The van der Waals surface area contributed by atoms with Crippen LogP contribution < -0.4 is 70.8 Å². The Kier molecular flexibility index (Phi) is 28.9. The number of aliphatic carboxylic acids is 1. The molecule has 2 aromatic carbocycles. The first-order chi connectivity index (χ1) is 44.9. The molecule has 510 valence electrons. The Hall–Kier alpha value is -9.24. The molecule has 0 unspecified atom stereocenters. The minimum absolute atomic E-state index is 0.0123. The number of rotatable bonds is 25. The Morgan fingerprint density at radius 2 is 1.33 bits per heavy atom. The van der Waals surface area contributed by atoms with Gasteiger partial charge in [0.1, 0.15) is 60.4 Å². The van der Waals surface area contributed by atoms with Gasteiger partial charge in [-0.2, -0.15) is 0 Å². The van der Waals surface area contributed by atoms with E-state index in [1.165, 1.54) is 17.4 Å². The maximum Gasteiger partial charge on any atom is 0.303 e. The lowest BCUT2D eigenvalue weighted by molar-refractivity contribution is -0.142. The minimum Gasteiger partial charge on any atom is -0.481 e. The molecule has 20 N–H and O–H groups in total. The van der Waals surface area contributed by atoms with E-state index in [1.807, 2.05) is 0 Å². The van der Waals surface area contributed by atoms with E-state index < -0.39 is 144 Å². The number of imidazole rings is 1. The van der Waals surface area contributed by atoms with Crippen molar-refractivity contribution in [2.24, 2.45) is 33.8 Å². The van der Waals surface area contributed by atoms with Crippen LogP contribution in [-0.4, -0.2) is 193 Å². The molecule has 0 spiro atoms. The maximum atomic E-state index is 15.3. The topological polar surface area (TPSA) is 497 Å². The van der Waals surface area contributed by atoms with Crippen molar-refractivity contribution in [2.45, 2.75) is 158 Å². The van der Waals surface area contributed by atoms with Crippen molar-refractivity contribution in [3.8, 4) is 0 Å². The predicted molar refractivity (Wildman–Crippen MR) is 351 cm³/mol. The van der Waals surface area contributed by atoms with Gasteiger partial charge < -0.3 is 90.8 Å². The van der Waals surface area contributed by atoms with Crippen LogP contribution in [0.25, 0.3) is 10.9 Å². The molecular formula is C61H86N18O13S2. The first kappa shape index (κ1) is 73.8. The number of primary amides is 1. The van der Waals surface area contributed by atoms with E-state index in [-0.39, 0.29) is 88.0 Å². The number of amides is 11. The highest BCUT2D eigenvalue weighted by atomic mass is 33.1. The minimum atomic E-state index is -1.64. The number of aromatic amines is 2. The SMILES string of the molecule is CC(=O)N[C@H]1CSSC[C@@H](C(=O)N[C@@H](CCCCN)C(=O)N2CCC[C@@H]2C(=O)N[C@H](C(N)=O)C(C)C)NC(=O)[C@H](Cc2c[nH]c3ccccc23)NC(=O)[C@@H](CCCN=C(N)N)NC(=O)[C@H](Cc2ccccc2)NC(=O)[C@@H](Cc2cnc[nH]2)NC(=O)[C@H](CCC(=O)O)NC1=O. The van der Waals surface area contributed by atoms with Gasteiger partial charge in [-0.05, 0) is 81.0 Å². The van der Waals surface area contributed by atoms with Crippen molar-refractivity contribution in [3.05, 3.63) is 90.1 Å². The number of hydrogen-bond acceptors (Lipinski definition) is 17. The molecule has 2 aliphatic heterocycles. The van der Waals surface area contributed by atoms with Crippen molar-refractivity contribution < 1.29 is 62.6 Å². The Bertz CT molecular complexity index is 3310.